The number of hydrogen-bond acceptors (Lipinski definition) is 3. The highest BCUT2D eigenvalue weighted by molar-refractivity contribution is 9.11. The van der Waals surface area contributed by atoms with Crippen molar-refractivity contribution < 1.29 is 8.42 Å². The number of halogens is 2. The van der Waals surface area contributed by atoms with E-state index in [1.54, 1.807) is 6.07 Å². The molecule has 0 aliphatic carbocycles. The topological polar surface area (TPSA) is 46.2 Å². The fourth-order valence-electron chi connectivity index (χ4n) is 2.01. The Morgan fingerprint density at radius 1 is 1.29 bits per heavy atom. The second kappa shape index (κ2) is 7.37. The second-order valence-electron chi connectivity index (χ2n) is 4.63. The molecule has 21 heavy (non-hydrogen) atoms. The second-order valence-corrected chi connectivity index (χ2v) is 9.60. The minimum Gasteiger partial charge on any atom is -0.207 e. The summed E-state index contributed by atoms with van der Waals surface area (Å²) in [5.41, 5.74) is 1.10. The van der Waals surface area contributed by atoms with Crippen LogP contribution in [-0.4, -0.2) is 19.8 Å². The van der Waals surface area contributed by atoms with Crippen molar-refractivity contribution in [1.82, 2.24) is 4.72 Å². The summed E-state index contributed by atoms with van der Waals surface area (Å²) in [5.74, 6) is 0. The van der Waals surface area contributed by atoms with Crippen LogP contribution in [0.2, 0.25) is 0 Å². The Kier molecular flexibility index (Phi) is 6.02. The molecule has 0 amide bonds. The summed E-state index contributed by atoms with van der Waals surface area (Å²) in [6, 6.07) is 11.3. The van der Waals surface area contributed by atoms with E-state index < -0.39 is 10.0 Å². The lowest BCUT2D eigenvalue weighted by Gasteiger charge is -2.16. The maximum Gasteiger partial charge on any atom is 0.241 e. The number of rotatable bonds is 6. The third-order valence-electron chi connectivity index (χ3n) is 2.96. The maximum absolute atomic E-state index is 12.5. The van der Waals surface area contributed by atoms with Crippen molar-refractivity contribution in [2.45, 2.75) is 24.3 Å². The molecule has 1 unspecified atom stereocenters. The number of alkyl halides is 1. The van der Waals surface area contributed by atoms with Gasteiger partial charge in [-0.25, -0.2) is 13.1 Å². The number of sulfonamides is 1. The molecule has 0 fully saturated rings. The standard InChI is InChI=1S/C14H15Br2NO2S2/c1-10-13(8-14(16)20-10)21(18,19)17-12(9-15)7-11-5-3-2-4-6-11/h2-6,8,12,17H,7,9H2,1H3. The SMILES string of the molecule is Cc1sc(Br)cc1S(=O)(=O)NC(CBr)Cc1ccccc1. The summed E-state index contributed by atoms with van der Waals surface area (Å²) in [6.07, 6.45) is 0.648. The van der Waals surface area contributed by atoms with Crippen molar-refractivity contribution in [2.24, 2.45) is 0 Å². The van der Waals surface area contributed by atoms with Gasteiger partial charge in [0.25, 0.3) is 0 Å². The smallest absolute Gasteiger partial charge is 0.207 e. The predicted molar refractivity (Wildman–Crippen MR) is 94.8 cm³/mol. The lowest BCUT2D eigenvalue weighted by atomic mass is 10.1. The van der Waals surface area contributed by atoms with E-state index >= 15 is 0 Å². The van der Waals surface area contributed by atoms with E-state index in [-0.39, 0.29) is 6.04 Å². The Morgan fingerprint density at radius 2 is 1.95 bits per heavy atom. The lowest BCUT2D eigenvalue weighted by molar-refractivity contribution is 0.562. The van der Waals surface area contributed by atoms with Crippen molar-refractivity contribution in [1.29, 1.82) is 0 Å². The molecule has 0 spiro atoms. The zero-order valence-corrected chi connectivity index (χ0v) is 16.1. The van der Waals surface area contributed by atoms with E-state index in [0.717, 1.165) is 14.2 Å². The van der Waals surface area contributed by atoms with Crippen LogP contribution in [0.15, 0.2) is 45.1 Å². The monoisotopic (exact) mass is 451 g/mol. The van der Waals surface area contributed by atoms with Gasteiger partial charge in [0.2, 0.25) is 10.0 Å². The van der Waals surface area contributed by atoms with E-state index in [1.807, 2.05) is 37.3 Å². The number of aryl methyl sites for hydroxylation is 1. The highest BCUT2D eigenvalue weighted by atomic mass is 79.9. The summed E-state index contributed by atoms with van der Waals surface area (Å²) in [6.45, 7) is 1.81. The van der Waals surface area contributed by atoms with E-state index in [9.17, 15) is 8.42 Å². The highest BCUT2D eigenvalue weighted by Gasteiger charge is 2.23. The van der Waals surface area contributed by atoms with Gasteiger partial charge in [-0.3, -0.25) is 0 Å². The zero-order valence-electron chi connectivity index (χ0n) is 11.3. The van der Waals surface area contributed by atoms with E-state index in [1.165, 1.54) is 11.3 Å². The van der Waals surface area contributed by atoms with Gasteiger partial charge in [-0.05, 0) is 40.9 Å². The number of hydrogen-bond donors (Lipinski definition) is 1. The molecule has 0 aliphatic heterocycles. The van der Waals surface area contributed by atoms with Crippen LogP contribution in [0.1, 0.15) is 10.4 Å². The lowest BCUT2D eigenvalue weighted by Crippen LogP contribution is -2.37. The first-order valence-corrected chi connectivity index (χ1v) is 10.5. The molecule has 1 aromatic carbocycles. The van der Waals surface area contributed by atoms with Gasteiger partial charge >= 0.3 is 0 Å². The van der Waals surface area contributed by atoms with Crippen LogP contribution in [0.5, 0.6) is 0 Å². The number of nitrogens with one attached hydrogen (secondary N) is 1. The largest absolute Gasteiger partial charge is 0.241 e. The van der Waals surface area contributed by atoms with Crippen LogP contribution in [-0.2, 0) is 16.4 Å². The molecule has 1 atom stereocenters. The molecule has 1 aromatic heterocycles. The molecule has 3 nitrogen and oxygen atoms in total. The summed E-state index contributed by atoms with van der Waals surface area (Å²) in [4.78, 5) is 1.13. The van der Waals surface area contributed by atoms with Crippen LogP contribution in [0.4, 0.5) is 0 Å². The van der Waals surface area contributed by atoms with Gasteiger partial charge in [-0.1, -0.05) is 46.3 Å². The van der Waals surface area contributed by atoms with Crippen molar-refractivity contribution in [3.63, 3.8) is 0 Å². The average molecular weight is 453 g/mol. The first-order valence-electron chi connectivity index (χ1n) is 6.30. The molecule has 0 saturated heterocycles. The molecular weight excluding hydrogens is 438 g/mol. The quantitative estimate of drug-likeness (QED) is 0.670. The van der Waals surface area contributed by atoms with Gasteiger partial charge in [-0.15, -0.1) is 11.3 Å². The molecule has 2 aromatic rings. The van der Waals surface area contributed by atoms with Crippen LogP contribution < -0.4 is 4.72 Å². The Labute approximate surface area is 146 Å². The molecule has 0 radical (unpaired) electrons. The van der Waals surface area contributed by atoms with E-state index in [0.29, 0.717) is 16.6 Å². The molecule has 2 rings (SSSR count). The number of thiophene rings is 1. The van der Waals surface area contributed by atoms with Crippen molar-refractivity contribution >= 4 is 53.2 Å². The van der Waals surface area contributed by atoms with Gasteiger partial charge in [0.15, 0.2) is 0 Å². The third-order valence-corrected chi connectivity index (χ3v) is 7.08. The van der Waals surface area contributed by atoms with E-state index in [2.05, 4.69) is 36.6 Å². The van der Waals surface area contributed by atoms with Gasteiger partial charge in [0, 0.05) is 16.2 Å². The molecule has 114 valence electrons. The normalized spacial score (nSPS) is 13.3. The summed E-state index contributed by atoms with van der Waals surface area (Å²) >= 11 is 8.14. The molecule has 1 N–H and O–H groups in total. The van der Waals surface area contributed by atoms with Crippen LogP contribution in [0.3, 0.4) is 0 Å². The van der Waals surface area contributed by atoms with Gasteiger partial charge in [0.05, 0.1) is 8.68 Å². The van der Waals surface area contributed by atoms with Crippen LogP contribution in [0, 0.1) is 6.92 Å². The fourth-order valence-corrected chi connectivity index (χ4v) is 6.26. The Hall–Kier alpha value is -0.210. The number of benzene rings is 1. The molecule has 0 aliphatic rings. The van der Waals surface area contributed by atoms with Crippen molar-refractivity contribution in [3.05, 3.63) is 50.6 Å². The molecular formula is C14H15Br2NO2S2. The summed E-state index contributed by atoms with van der Waals surface area (Å²) in [7, 11) is -3.50. The van der Waals surface area contributed by atoms with Gasteiger partial charge in [-0.2, -0.15) is 0 Å². The average Bonchev–Trinajstić information content (AvgIpc) is 2.79. The Balaban J connectivity index is 2.16. The fraction of sp³-hybridized carbons (Fsp3) is 0.286. The maximum atomic E-state index is 12.5. The molecule has 0 saturated carbocycles. The zero-order chi connectivity index (χ0) is 15.5. The van der Waals surface area contributed by atoms with Crippen molar-refractivity contribution in [3.8, 4) is 0 Å². The Morgan fingerprint density at radius 3 is 2.48 bits per heavy atom. The van der Waals surface area contributed by atoms with Gasteiger partial charge in [0.1, 0.15) is 0 Å². The summed E-state index contributed by atoms with van der Waals surface area (Å²) < 4.78 is 28.6. The van der Waals surface area contributed by atoms with E-state index in [4.69, 9.17) is 0 Å². The summed E-state index contributed by atoms with van der Waals surface area (Å²) in [5, 5.41) is 0.561. The van der Waals surface area contributed by atoms with Crippen molar-refractivity contribution in [2.75, 3.05) is 5.33 Å². The van der Waals surface area contributed by atoms with Crippen LogP contribution in [0.25, 0.3) is 0 Å². The Bertz CT molecular complexity index is 699. The molecule has 0 bridgehead atoms. The first kappa shape index (κ1) is 17.1. The highest BCUT2D eigenvalue weighted by Crippen LogP contribution is 2.29. The predicted octanol–water partition coefficient (Wildman–Crippen LogP) is 4.10. The molecule has 7 heteroatoms. The first-order chi connectivity index (χ1) is 9.92. The minimum absolute atomic E-state index is 0.185. The van der Waals surface area contributed by atoms with Crippen LogP contribution >= 0.6 is 43.2 Å². The minimum atomic E-state index is -3.50. The third kappa shape index (κ3) is 4.63. The van der Waals surface area contributed by atoms with Gasteiger partial charge < -0.3 is 0 Å². The molecule has 1 heterocycles.